The average molecular weight is 401 g/mol. The average Bonchev–Trinajstić information content (AvgIpc) is 2.62. The van der Waals surface area contributed by atoms with E-state index in [4.69, 9.17) is 10.00 Å². The molecule has 0 N–H and O–H groups in total. The number of hydrogen-bond donors (Lipinski definition) is 0. The third-order valence-corrected chi connectivity index (χ3v) is 4.03. The first-order valence-corrected chi connectivity index (χ1v) is 8.47. The molecule has 2 aromatic carbocycles. The standard InChI is InChI=1S/C19H17BrN2O3/c1-14-3-9-17(10-4-14)22(12-2-11-21)18(23)13-25-19(24)15-5-7-16(20)8-6-15/h3-10H,2,12-13H2,1H3. The predicted octanol–water partition coefficient (Wildman–Crippen LogP) is 3.86. The van der Waals surface area contributed by atoms with E-state index in [-0.39, 0.29) is 25.5 Å². The number of carbonyl (C=O) groups excluding carboxylic acids is 2. The molecule has 2 aromatic rings. The van der Waals surface area contributed by atoms with Gasteiger partial charge < -0.3 is 9.64 Å². The van der Waals surface area contributed by atoms with Crippen molar-refractivity contribution in [2.75, 3.05) is 18.1 Å². The summed E-state index contributed by atoms with van der Waals surface area (Å²) in [5.41, 5.74) is 2.11. The molecule has 2 rings (SSSR count). The lowest BCUT2D eigenvalue weighted by molar-refractivity contribution is -0.121. The summed E-state index contributed by atoms with van der Waals surface area (Å²) in [4.78, 5) is 25.9. The summed E-state index contributed by atoms with van der Waals surface area (Å²) in [6.07, 6.45) is 0.195. The van der Waals surface area contributed by atoms with Crippen LogP contribution >= 0.6 is 15.9 Å². The summed E-state index contributed by atoms with van der Waals surface area (Å²) in [5.74, 6) is -0.936. The van der Waals surface area contributed by atoms with Gasteiger partial charge in [-0.1, -0.05) is 33.6 Å². The molecule has 0 fully saturated rings. The van der Waals surface area contributed by atoms with E-state index >= 15 is 0 Å². The number of hydrogen-bond acceptors (Lipinski definition) is 4. The van der Waals surface area contributed by atoms with Gasteiger partial charge in [-0.15, -0.1) is 0 Å². The molecule has 0 aliphatic heterocycles. The fraction of sp³-hybridized carbons (Fsp3) is 0.211. The number of anilines is 1. The number of nitriles is 1. The van der Waals surface area contributed by atoms with Gasteiger partial charge in [0, 0.05) is 16.7 Å². The van der Waals surface area contributed by atoms with Crippen LogP contribution in [0, 0.1) is 18.3 Å². The van der Waals surface area contributed by atoms with Crippen LogP contribution in [0.3, 0.4) is 0 Å². The van der Waals surface area contributed by atoms with Crippen molar-refractivity contribution in [2.24, 2.45) is 0 Å². The molecule has 6 heteroatoms. The van der Waals surface area contributed by atoms with Crippen LogP contribution in [0.4, 0.5) is 5.69 Å². The predicted molar refractivity (Wildman–Crippen MR) is 98.2 cm³/mol. The van der Waals surface area contributed by atoms with Crippen LogP contribution in [0.1, 0.15) is 22.3 Å². The Labute approximate surface area is 154 Å². The molecular weight excluding hydrogens is 384 g/mol. The molecule has 0 unspecified atom stereocenters. The summed E-state index contributed by atoms with van der Waals surface area (Å²) in [7, 11) is 0. The first-order chi connectivity index (χ1) is 12.0. The summed E-state index contributed by atoms with van der Waals surface area (Å²) < 4.78 is 5.96. The monoisotopic (exact) mass is 400 g/mol. The zero-order valence-corrected chi connectivity index (χ0v) is 15.3. The maximum Gasteiger partial charge on any atom is 0.338 e. The third kappa shape index (κ3) is 5.44. The molecule has 128 valence electrons. The molecule has 0 aliphatic rings. The van der Waals surface area contributed by atoms with Crippen molar-refractivity contribution in [3.63, 3.8) is 0 Å². The number of amides is 1. The van der Waals surface area contributed by atoms with Crippen LogP contribution in [0.2, 0.25) is 0 Å². The normalized spacial score (nSPS) is 9.96. The molecule has 0 radical (unpaired) electrons. The number of rotatable bonds is 6. The number of benzene rings is 2. The van der Waals surface area contributed by atoms with E-state index in [0.29, 0.717) is 11.3 Å². The van der Waals surface area contributed by atoms with Crippen LogP contribution in [0.25, 0.3) is 0 Å². The zero-order valence-electron chi connectivity index (χ0n) is 13.7. The summed E-state index contributed by atoms with van der Waals surface area (Å²) >= 11 is 3.29. The number of halogens is 1. The Hall–Kier alpha value is -2.65. The van der Waals surface area contributed by atoms with Gasteiger partial charge in [0.2, 0.25) is 0 Å². The van der Waals surface area contributed by atoms with Crippen molar-refractivity contribution >= 4 is 33.5 Å². The highest BCUT2D eigenvalue weighted by Gasteiger charge is 2.18. The van der Waals surface area contributed by atoms with Gasteiger partial charge in [-0.05, 0) is 43.3 Å². The molecule has 0 aromatic heterocycles. The van der Waals surface area contributed by atoms with Crippen molar-refractivity contribution < 1.29 is 14.3 Å². The first-order valence-electron chi connectivity index (χ1n) is 7.68. The van der Waals surface area contributed by atoms with Gasteiger partial charge in [0.1, 0.15) is 0 Å². The molecule has 0 spiro atoms. The second-order valence-electron chi connectivity index (χ2n) is 5.37. The first kappa shape index (κ1) is 18.7. The van der Waals surface area contributed by atoms with Crippen molar-refractivity contribution in [1.29, 1.82) is 5.26 Å². The van der Waals surface area contributed by atoms with E-state index in [9.17, 15) is 9.59 Å². The Kier molecular flexibility index (Phi) is 6.72. The van der Waals surface area contributed by atoms with Gasteiger partial charge in [-0.2, -0.15) is 5.26 Å². The van der Waals surface area contributed by atoms with Gasteiger partial charge in [-0.3, -0.25) is 4.79 Å². The number of ether oxygens (including phenoxy) is 1. The minimum atomic E-state index is -0.565. The van der Waals surface area contributed by atoms with Crippen LogP contribution in [-0.4, -0.2) is 25.0 Å². The van der Waals surface area contributed by atoms with Crippen LogP contribution in [0.15, 0.2) is 53.0 Å². The number of esters is 1. The largest absolute Gasteiger partial charge is 0.452 e. The Morgan fingerprint density at radius 1 is 1.12 bits per heavy atom. The molecule has 0 bridgehead atoms. The quantitative estimate of drug-likeness (QED) is 0.690. The van der Waals surface area contributed by atoms with E-state index < -0.39 is 5.97 Å². The highest BCUT2D eigenvalue weighted by molar-refractivity contribution is 9.10. The Morgan fingerprint density at radius 2 is 1.76 bits per heavy atom. The van der Waals surface area contributed by atoms with Gasteiger partial charge in [0.25, 0.3) is 5.91 Å². The third-order valence-electron chi connectivity index (χ3n) is 3.50. The second-order valence-corrected chi connectivity index (χ2v) is 6.29. The van der Waals surface area contributed by atoms with Crippen molar-refractivity contribution in [2.45, 2.75) is 13.3 Å². The van der Waals surface area contributed by atoms with Crippen LogP contribution < -0.4 is 4.90 Å². The lowest BCUT2D eigenvalue weighted by atomic mass is 10.2. The van der Waals surface area contributed by atoms with Crippen LogP contribution in [-0.2, 0) is 9.53 Å². The van der Waals surface area contributed by atoms with E-state index in [2.05, 4.69) is 15.9 Å². The molecule has 0 atom stereocenters. The summed E-state index contributed by atoms with van der Waals surface area (Å²) in [5, 5.41) is 8.80. The van der Waals surface area contributed by atoms with Crippen LogP contribution in [0.5, 0.6) is 0 Å². The van der Waals surface area contributed by atoms with Gasteiger partial charge in [0.05, 0.1) is 18.1 Å². The SMILES string of the molecule is Cc1ccc(N(CCC#N)C(=O)COC(=O)c2ccc(Br)cc2)cc1. The Bertz CT molecular complexity index is 780. The van der Waals surface area contributed by atoms with Gasteiger partial charge >= 0.3 is 5.97 Å². The number of carbonyl (C=O) groups is 2. The molecule has 25 heavy (non-hydrogen) atoms. The highest BCUT2D eigenvalue weighted by Crippen LogP contribution is 2.16. The fourth-order valence-electron chi connectivity index (χ4n) is 2.16. The van der Waals surface area contributed by atoms with Crippen molar-refractivity contribution in [3.8, 4) is 6.07 Å². The minimum Gasteiger partial charge on any atom is -0.452 e. The Morgan fingerprint density at radius 3 is 2.36 bits per heavy atom. The van der Waals surface area contributed by atoms with E-state index in [0.717, 1.165) is 10.0 Å². The minimum absolute atomic E-state index is 0.195. The summed E-state index contributed by atoms with van der Waals surface area (Å²) in [6.45, 7) is 1.81. The maximum atomic E-state index is 12.5. The Balaban J connectivity index is 2.03. The number of aryl methyl sites for hydroxylation is 1. The van der Waals surface area contributed by atoms with Crippen molar-refractivity contribution in [1.82, 2.24) is 0 Å². The van der Waals surface area contributed by atoms with E-state index in [1.807, 2.05) is 25.1 Å². The summed E-state index contributed by atoms with van der Waals surface area (Å²) in [6, 6.07) is 16.1. The molecule has 5 nitrogen and oxygen atoms in total. The van der Waals surface area contributed by atoms with E-state index in [1.165, 1.54) is 4.90 Å². The molecular formula is C19H17BrN2O3. The lowest BCUT2D eigenvalue weighted by Gasteiger charge is -2.21. The maximum absolute atomic E-state index is 12.5. The fourth-order valence-corrected chi connectivity index (χ4v) is 2.42. The lowest BCUT2D eigenvalue weighted by Crippen LogP contribution is -2.35. The highest BCUT2D eigenvalue weighted by atomic mass is 79.9. The smallest absolute Gasteiger partial charge is 0.338 e. The molecule has 0 saturated carbocycles. The van der Waals surface area contributed by atoms with Crippen molar-refractivity contribution in [3.05, 3.63) is 64.1 Å². The van der Waals surface area contributed by atoms with E-state index in [1.54, 1.807) is 36.4 Å². The number of nitrogens with zero attached hydrogens (tertiary/aromatic N) is 2. The molecule has 0 aliphatic carbocycles. The zero-order chi connectivity index (χ0) is 18.2. The second kappa shape index (κ2) is 9.00. The van der Waals surface area contributed by atoms with Gasteiger partial charge in [0.15, 0.2) is 6.61 Å². The molecule has 0 saturated heterocycles. The topological polar surface area (TPSA) is 70.4 Å². The molecule has 1 amide bonds. The molecule has 0 heterocycles. The van der Waals surface area contributed by atoms with Gasteiger partial charge in [-0.25, -0.2) is 4.79 Å².